The van der Waals surface area contributed by atoms with Gasteiger partial charge in [0, 0.05) is 24.2 Å². The van der Waals surface area contributed by atoms with Crippen LogP contribution in [0, 0.1) is 31.1 Å². The molecule has 1 N–H and O–H groups in total. The van der Waals surface area contributed by atoms with Crippen molar-refractivity contribution in [1.82, 2.24) is 0 Å². The molecule has 4 nitrogen and oxygen atoms in total. The molecule has 0 fully saturated rings. The predicted octanol–water partition coefficient (Wildman–Crippen LogP) is 4.23. The number of hydrogen-bond donors (Lipinski definition) is 1. The van der Waals surface area contributed by atoms with Gasteiger partial charge in [0.1, 0.15) is 23.1 Å². The zero-order valence-corrected chi connectivity index (χ0v) is 12.5. The second-order valence-electron chi connectivity index (χ2n) is 4.13. The molecular formula is C13H8F3IN2O2. The number of halogens is 4. The van der Waals surface area contributed by atoms with E-state index in [1.807, 2.05) is 0 Å². The van der Waals surface area contributed by atoms with Crippen molar-refractivity contribution in [2.45, 2.75) is 6.54 Å². The third-order valence-electron chi connectivity index (χ3n) is 2.71. The molecule has 0 saturated carbocycles. The lowest BCUT2D eigenvalue weighted by Crippen LogP contribution is -2.06. The van der Waals surface area contributed by atoms with Crippen LogP contribution in [-0.4, -0.2) is 4.92 Å². The van der Waals surface area contributed by atoms with Crippen molar-refractivity contribution in [3.05, 3.63) is 67.0 Å². The van der Waals surface area contributed by atoms with Crippen molar-refractivity contribution < 1.29 is 18.1 Å². The van der Waals surface area contributed by atoms with Gasteiger partial charge in [-0.05, 0) is 40.8 Å². The fourth-order valence-electron chi connectivity index (χ4n) is 1.70. The highest BCUT2D eigenvalue weighted by Crippen LogP contribution is 2.29. The van der Waals surface area contributed by atoms with Crippen LogP contribution in [0.5, 0.6) is 0 Å². The molecule has 0 amide bonds. The minimum Gasteiger partial charge on any atom is -0.375 e. The molecule has 0 aliphatic carbocycles. The second kappa shape index (κ2) is 6.29. The lowest BCUT2D eigenvalue weighted by atomic mass is 10.2. The third-order valence-corrected chi connectivity index (χ3v) is 3.54. The summed E-state index contributed by atoms with van der Waals surface area (Å²) in [5.74, 6) is -1.92. The highest BCUT2D eigenvalue weighted by molar-refractivity contribution is 14.1. The summed E-state index contributed by atoms with van der Waals surface area (Å²) in [7, 11) is 0. The number of nitrogens with one attached hydrogen (secondary N) is 1. The fraction of sp³-hybridized carbons (Fsp3) is 0.0769. The summed E-state index contributed by atoms with van der Waals surface area (Å²) in [6.45, 7) is -0.204. The van der Waals surface area contributed by atoms with Crippen molar-refractivity contribution in [3.63, 3.8) is 0 Å². The molecule has 2 aromatic carbocycles. The molecule has 0 heterocycles. The highest BCUT2D eigenvalue weighted by atomic mass is 127. The molecular weight excluding hydrogens is 400 g/mol. The van der Waals surface area contributed by atoms with Crippen LogP contribution in [0.15, 0.2) is 30.3 Å². The van der Waals surface area contributed by atoms with E-state index in [9.17, 15) is 23.3 Å². The van der Waals surface area contributed by atoms with Crippen molar-refractivity contribution in [2.75, 3.05) is 5.32 Å². The maximum absolute atomic E-state index is 13.5. The summed E-state index contributed by atoms with van der Waals surface area (Å²) in [5.41, 5.74) is -0.442. The number of nitro groups is 1. The van der Waals surface area contributed by atoms with E-state index in [2.05, 4.69) is 5.32 Å². The Morgan fingerprint density at radius 1 is 1.14 bits per heavy atom. The Balaban J connectivity index is 2.29. The van der Waals surface area contributed by atoms with Gasteiger partial charge in [0.15, 0.2) is 0 Å². The predicted molar refractivity (Wildman–Crippen MR) is 79.5 cm³/mol. The smallest absolute Gasteiger partial charge is 0.293 e. The maximum atomic E-state index is 13.5. The lowest BCUT2D eigenvalue weighted by molar-refractivity contribution is -0.384. The van der Waals surface area contributed by atoms with Gasteiger partial charge in [0.05, 0.1) is 8.49 Å². The summed E-state index contributed by atoms with van der Waals surface area (Å²) in [4.78, 5) is 10.2. The van der Waals surface area contributed by atoms with Crippen LogP contribution in [-0.2, 0) is 6.54 Å². The Labute approximate surface area is 131 Å². The summed E-state index contributed by atoms with van der Waals surface area (Å²) in [6, 6.07) is 4.91. The molecule has 2 aromatic rings. The quantitative estimate of drug-likeness (QED) is 0.468. The molecule has 0 bridgehead atoms. The Morgan fingerprint density at radius 2 is 1.86 bits per heavy atom. The molecule has 8 heteroatoms. The van der Waals surface area contributed by atoms with E-state index in [1.54, 1.807) is 22.6 Å². The summed E-state index contributed by atoms with van der Waals surface area (Å²) < 4.78 is 40.1. The average molecular weight is 408 g/mol. The number of nitro benzene ring substituents is 1. The summed E-state index contributed by atoms with van der Waals surface area (Å²) in [6.07, 6.45) is 0. The van der Waals surface area contributed by atoms with Gasteiger partial charge in [0.25, 0.3) is 5.69 Å². The molecule has 0 aliphatic rings. The first-order chi connectivity index (χ1) is 9.88. The largest absolute Gasteiger partial charge is 0.375 e. The molecule has 0 aromatic heterocycles. The van der Waals surface area contributed by atoms with Crippen molar-refractivity contribution in [2.24, 2.45) is 0 Å². The summed E-state index contributed by atoms with van der Waals surface area (Å²) >= 11 is 1.63. The third kappa shape index (κ3) is 3.63. The summed E-state index contributed by atoms with van der Waals surface area (Å²) in [5, 5.41) is 13.5. The van der Waals surface area contributed by atoms with Gasteiger partial charge in [-0.1, -0.05) is 0 Å². The standard InChI is InChI=1S/C13H8F3IN2O2/c14-8-1-2-9(15)7(3-8)6-18-12-4-10(16)11(17)5-13(12)19(20)21/h1-5,18H,6H2. The number of anilines is 1. The van der Waals surface area contributed by atoms with Crippen LogP contribution >= 0.6 is 22.6 Å². The molecule has 21 heavy (non-hydrogen) atoms. The van der Waals surface area contributed by atoms with Gasteiger partial charge in [-0.2, -0.15) is 0 Å². The topological polar surface area (TPSA) is 55.2 Å². The maximum Gasteiger partial charge on any atom is 0.293 e. The molecule has 0 spiro atoms. The van der Waals surface area contributed by atoms with E-state index in [-0.39, 0.29) is 27.1 Å². The average Bonchev–Trinajstić information content (AvgIpc) is 2.42. The lowest BCUT2D eigenvalue weighted by Gasteiger charge is -2.09. The second-order valence-corrected chi connectivity index (χ2v) is 5.29. The Hall–Kier alpha value is -1.84. The monoisotopic (exact) mass is 408 g/mol. The van der Waals surface area contributed by atoms with Gasteiger partial charge < -0.3 is 5.32 Å². The number of benzene rings is 2. The van der Waals surface area contributed by atoms with E-state index in [0.717, 1.165) is 30.3 Å². The van der Waals surface area contributed by atoms with Crippen LogP contribution in [0.25, 0.3) is 0 Å². The molecule has 110 valence electrons. The van der Waals surface area contributed by atoms with E-state index < -0.39 is 22.4 Å². The Morgan fingerprint density at radius 3 is 2.52 bits per heavy atom. The highest BCUT2D eigenvalue weighted by Gasteiger charge is 2.17. The van der Waals surface area contributed by atoms with Crippen molar-refractivity contribution >= 4 is 34.0 Å². The molecule has 0 saturated heterocycles. The van der Waals surface area contributed by atoms with Crippen molar-refractivity contribution in [3.8, 4) is 0 Å². The van der Waals surface area contributed by atoms with Crippen LogP contribution in [0.1, 0.15) is 5.56 Å². The van der Waals surface area contributed by atoms with Crippen molar-refractivity contribution in [1.29, 1.82) is 0 Å². The van der Waals surface area contributed by atoms with Crippen LogP contribution < -0.4 is 5.32 Å². The van der Waals surface area contributed by atoms with Crippen LogP contribution in [0.2, 0.25) is 0 Å². The van der Waals surface area contributed by atoms with E-state index in [4.69, 9.17) is 0 Å². The number of nitrogens with zero attached hydrogens (tertiary/aromatic N) is 1. The SMILES string of the molecule is O=[N+]([O-])c1cc(I)c(F)cc1NCc1cc(F)ccc1F. The first-order valence-electron chi connectivity index (χ1n) is 5.69. The van der Waals surface area contributed by atoms with E-state index >= 15 is 0 Å². The van der Waals surface area contributed by atoms with Gasteiger partial charge in [0.2, 0.25) is 0 Å². The number of hydrogen-bond acceptors (Lipinski definition) is 3. The minimum atomic E-state index is -0.675. The van der Waals surface area contributed by atoms with E-state index in [0.29, 0.717) is 0 Å². The molecule has 0 atom stereocenters. The molecule has 0 aliphatic heterocycles. The van der Waals surface area contributed by atoms with Crippen LogP contribution in [0.3, 0.4) is 0 Å². The fourth-order valence-corrected chi connectivity index (χ4v) is 2.15. The first-order valence-corrected chi connectivity index (χ1v) is 6.77. The Bertz CT molecular complexity index is 710. The minimum absolute atomic E-state index is 0.0109. The van der Waals surface area contributed by atoms with Gasteiger partial charge in [-0.3, -0.25) is 10.1 Å². The molecule has 2 rings (SSSR count). The normalized spacial score (nSPS) is 10.5. The molecule has 0 unspecified atom stereocenters. The number of rotatable bonds is 4. The van der Waals surface area contributed by atoms with Gasteiger partial charge >= 0.3 is 0 Å². The van der Waals surface area contributed by atoms with Gasteiger partial charge in [-0.25, -0.2) is 13.2 Å². The zero-order chi connectivity index (χ0) is 15.6. The Kier molecular flexibility index (Phi) is 4.66. The zero-order valence-electron chi connectivity index (χ0n) is 10.4. The molecule has 0 radical (unpaired) electrons. The first kappa shape index (κ1) is 15.5. The van der Waals surface area contributed by atoms with E-state index in [1.165, 1.54) is 0 Å². The van der Waals surface area contributed by atoms with Gasteiger partial charge in [-0.15, -0.1) is 0 Å². The van der Waals surface area contributed by atoms with Crippen LogP contribution in [0.4, 0.5) is 24.5 Å².